The van der Waals surface area contributed by atoms with Crippen LogP contribution in [0.2, 0.25) is 0 Å². The first-order chi connectivity index (χ1) is 9.59. The molecule has 1 amide bonds. The van der Waals surface area contributed by atoms with E-state index in [1.807, 2.05) is 24.3 Å². The summed E-state index contributed by atoms with van der Waals surface area (Å²) in [4.78, 5) is 11.7. The van der Waals surface area contributed by atoms with Gasteiger partial charge in [0.1, 0.15) is 0 Å². The smallest absolute Gasteiger partial charge is 0.238 e. The van der Waals surface area contributed by atoms with E-state index in [2.05, 4.69) is 40.4 Å². The van der Waals surface area contributed by atoms with Crippen LogP contribution >= 0.6 is 15.9 Å². The Labute approximate surface area is 129 Å². The average molecular weight is 343 g/mol. The van der Waals surface area contributed by atoms with Crippen LogP contribution < -0.4 is 10.6 Å². The largest absolute Gasteiger partial charge is 0.380 e. The maximum atomic E-state index is 11.7. The van der Waals surface area contributed by atoms with E-state index in [4.69, 9.17) is 4.74 Å². The highest BCUT2D eigenvalue weighted by atomic mass is 79.9. The summed E-state index contributed by atoms with van der Waals surface area (Å²) in [5.41, 5.74) is 0.785. The quantitative estimate of drug-likeness (QED) is 0.678. The summed E-state index contributed by atoms with van der Waals surface area (Å²) in [5.74, 6) is 0.608. The van der Waals surface area contributed by atoms with E-state index < -0.39 is 0 Å². The first-order valence-electron chi connectivity index (χ1n) is 6.92. The van der Waals surface area contributed by atoms with E-state index in [9.17, 15) is 4.79 Å². The summed E-state index contributed by atoms with van der Waals surface area (Å²) in [6.07, 6.45) is 1.07. The lowest BCUT2D eigenvalue weighted by molar-refractivity contribution is -0.115. The molecule has 0 heterocycles. The van der Waals surface area contributed by atoms with Crippen LogP contribution in [0, 0.1) is 5.92 Å². The maximum Gasteiger partial charge on any atom is 0.238 e. The molecule has 0 saturated carbocycles. The number of ether oxygens (including phenoxy) is 1. The van der Waals surface area contributed by atoms with Gasteiger partial charge in [0.2, 0.25) is 5.91 Å². The third-order valence-electron chi connectivity index (χ3n) is 2.70. The van der Waals surface area contributed by atoms with Gasteiger partial charge < -0.3 is 15.4 Å². The van der Waals surface area contributed by atoms with Crippen LogP contribution in [0.25, 0.3) is 0 Å². The van der Waals surface area contributed by atoms with Crippen molar-refractivity contribution in [2.24, 2.45) is 5.92 Å². The summed E-state index contributed by atoms with van der Waals surface area (Å²) in [6.45, 7) is 6.73. The van der Waals surface area contributed by atoms with E-state index in [0.29, 0.717) is 19.1 Å². The van der Waals surface area contributed by atoms with Crippen molar-refractivity contribution in [3.8, 4) is 0 Å². The van der Waals surface area contributed by atoms with Gasteiger partial charge in [0.05, 0.1) is 18.8 Å². The zero-order chi connectivity index (χ0) is 14.8. The molecule has 0 saturated heterocycles. The molecular weight excluding hydrogens is 320 g/mol. The fraction of sp³-hybridized carbons (Fsp3) is 0.533. The van der Waals surface area contributed by atoms with E-state index in [0.717, 1.165) is 23.2 Å². The first kappa shape index (κ1) is 17.1. The Morgan fingerprint density at radius 2 is 2.05 bits per heavy atom. The third kappa shape index (κ3) is 7.62. The zero-order valence-electron chi connectivity index (χ0n) is 12.1. The lowest BCUT2D eigenvalue weighted by Gasteiger charge is -2.09. The molecular formula is C15H23BrN2O2. The Morgan fingerprint density at radius 3 is 2.75 bits per heavy atom. The number of carbonyl (C=O) groups excluding carboxylic acids is 1. The topological polar surface area (TPSA) is 50.4 Å². The number of halogens is 1. The number of hydrogen-bond donors (Lipinski definition) is 2. The Kier molecular flexibility index (Phi) is 8.49. The lowest BCUT2D eigenvalue weighted by Crippen LogP contribution is -2.30. The number of anilines is 1. The van der Waals surface area contributed by atoms with Gasteiger partial charge in [-0.3, -0.25) is 4.79 Å². The molecule has 2 N–H and O–H groups in total. The number of hydrogen-bond acceptors (Lipinski definition) is 3. The monoisotopic (exact) mass is 342 g/mol. The second kappa shape index (κ2) is 9.91. The minimum Gasteiger partial charge on any atom is -0.380 e. The molecule has 0 unspecified atom stereocenters. The predicted octanol–water partition coefficient (Wildman–Crippen LogP) is 3.04. The molecule has 5 heteroatoms. The van der Waals surface area contributed by atoms with Crippen molar-refractivity contribution < 1.29 is 9.53 Å². The fourth-order valence-corrected chi connectivity index (χ4v) is 1.91. The highest BCUT2D eigenvalue weighted by Crippen LogP contribution is 2.20. The second-order valence-electron chi connectivity index (χ2n) is 5.00. The number of nitrogens with one attached hydrogen (secondary N) is 2. The van der Waals surface area contributed by atoms with Crippen LogP contribution in [-0.4, -0.2) is 32.2 Å². The molecule has 20 heavy (non-hydrogen) atoms. The van der Waals surface area contributed by atoms with Gasteiger partial charge >= 0.3 is 0 Å². The third-order valence-corrected chi connectivity index (χ3v) is 3.39. The Balaban J connectivity index is 2.08. The molecule has 0 atom stereocenters. The van der Waals surface area contributed by atoms with Crippen molar-refractivity contribution in [1.82, 2.24) is 5.32 Å². The highest BCUT2D eigenvalue weighted by molar-refractivity contribution is 9.10. The average Bonchev–Trinajstić information content (AvgIpc) is 2.40. The summed E-state index contributed by atoms with van der Waals surface area (Å²) in [5, 5.41) is 5.90. The van der Waals surface area contributed by atoms with Crippen molar-refractivity contribution >= 4 is 27.5 Å². The summed E-state index contributed by atoms with van der Waals surface area (Å²) < 4.78 is 6.34. The van der Waals surface area contributed by atoms with Crippen LogP contribution in [-0.2, 0) is 9.53 Å². The van der Waals surface area contributed by atoms with Gasteiger partial charge in [-0.25, -0.2) is 0 Å². The Morgan fingerprint density at radius 1 is 1.30 bits per heavy atom. The normalized spacial score (nSPS) is 10.8. The fourth-order valence-electron chi connectivity index (χ4n) is 1.52. The van der Waals surface area contributed by atoms with Crippen LogP contribution in [0.4, 0.5) is 5.69 Å². The molecule has 0 bridgehead atoms. The van der Waals surface area contributed by atoms with Crippen molar-refractivity contribution in [3.63, 3.8) is 0 Å². The Hall–Kier alpha value is -0.910. The highest BCUT2D eigenvalue weighted by Gasteiger charge is 2.04. The maximum absolute atomic E-state index is 11.7. The lowest BCUT2D eigenvalue weighted by atomic mass is 10.1. The molecule has 1 rings (SSSR count). The molecule has 0 spiro atoms. The van der Waals surface area contributed by atoms with Gasteiger partial charge in [0.25, 0.3) is 0 Å². The second-order valence-corrected chi connectivity index (χ2v) is 5.85. The number of carbonyl (C=O) groups is 1. The van der Waals surface area contributed by atoms with E-state index >= 15 is 0 Å². The van der Waals surface area contributed by atoms with Crippen molar-refractivity contribution in [2.75, 3.05) is 31.6 Å². The molecule has 0 radical (unpaired) electrons. The minimum absolute atomic E-state index is 0.0564. The number of rotatable bonds is 9. The Bertz CT molecular complexity index is 411. The summed E-state index contributed by atoms with van der Waals surface area (Å²) >= 11 is 3.39. The molecule has 112 valence electrons. The number of para-hydroxylation sites is 1. The van der Waals surface area contributed by atoms with Gasteiger partial charge in [0.15, 0.2) is 0 Å². The van der Waals surface area contributed by atoms with E-state index in [1.165, 1.54) is 0 Å². The van der Waals surface area contributed by atoms with Crippen molar-refractivity contribution in [1.29, 1.82) is 0 Å². The molecule has 0 aromatic heterocycles. The molecule has 1 aromatic rings. The summed E-state index contributed by atoms with van der Waals surface area (Å²) in [7, 11) is 0. The first-order valence-corrected chi connectivity index (χ1v) is 7.71. The van der Waals surface area contributed by atoms with Gasteiger partial charge in [-0.05, 0) is 40.4 Å². The van der Waals surface area contributed by atoms with Gasteiger partial charge in [-0.1, -0.05) is 26.0 Å². The molecule has 0 fully saturated rings. The van der Waals surface area contributed by atoms with Crippen LogP contribution in [0.1, 0.15) is 20.3 Å². The van der Waals surface area contributed by atoms with Crippen LogP contribution in [0.15, 0.2) is 28.7 Å². The molecule has 0 aliphatic heterocycles. The molecule has 0 aliphatic carbocycles. The van der Waals surface area contributed by atoms with Gasteiger partial charge in [-0.15, -0.1) is 0 Å². The molecule has 4 nitrogen and oxygen atoms in total. The molecule has 0 aliphatic rings. The van der Waals surface area contributed by atoms with Gasteiger partial charge in [-0.2, -0.15) is 0 Å². The minimum atomic E-state index is -0.0564. The zero-order valence-corrected chi connectivity index (χ0v) is 13.7. The summed E-state index contributed by atoms with van der Waals surface area (Å²) in [6, 6.07) is 7.55. The van der Waals surface area contributed by atoms with E-state index in [1.54, 1.807) is 0 Å². The molecule has 1 aromatic carbocycles. The van der Waals surface area contributed by atoms with Crippen LogP contribution in [0.3, 0.4) is 0 Å². The van der Waals surface area contributed by atoms with E-state index in [-0.39, 0.29) is 12.5 Å². The standard InChI is InChI=1S/C15H23BrN2O2/c1-12(2)7-9-20-10-8-17-11-15(19)18-14-6-4-3-5-13(14)16/h3-6,12,17H,7-11H2,1-2H3,(H,18,19). The SMILES string of the molecule is CC(C)CCOCCNCC(=O)Nc1ccccc1Br. The van der Waals surface area contributed by atoms with Crippen LogP contribution in [0.5, 0.6) is 0 Å². The van der Waals surface area contributed by atoms with Gasteiger partial charge in [0, 0.05) is 17.6 Å². The number of benzene rings is 1. The van der Waals surface area contributed by atoms with Crippen molar-refractivity contribution in [3.05, 3.63) is 28.7 Å². The number of amides is 1. The van der Waals surface area contributed by atoms with Crippen molar-refractivity contribution in [2.45, 2.75) is 20.3 Å². The predicted molar refractivity (Wildman–Crippen MR) is 85.9 cm³/mol.